The third kappa shape index (κ3) is 2.09. The van der Waals surface area contributed by atoms with Crippen LogP contribution in [0.4, 0.5) is 0 Å². The van der Waals surface area contributed by atoms with Crippen molar-refractivity contribution in [3.63, 3.8) is 0 Å². The van der Waals surface area contributed by atoms with Gasteiger partial charge in [-0.2, -0.15) is 0 Å². The van der Waals surface area contributed by atoms with Gasteiger partial charge in [-0.25, -0.2) is 9.78 Å². The Kier molecular flexibility index (Phi) is 3.59. The van der Waals surface area contributed by atoms with Gasteiger partial charge in [0.2, 0.25) is 0 Å². The number of nitrogens with zero attached hydrogens (tertiary/aromatic N) is 1. The smallest absolute Gasteiger partial charge is 0.356 e. The van der Waals surface area contributed by atoms with Gasteiger partial charge in [-0.15, -0.1) is 0 Å². The van der Waals surface area contributed by atoms with Gasteiger partial charge in [0.25, 0.3) is 0 Å². The molecule has 0 aliphatic carbocycles. The Morgan fingerprint density at radius 3 is 2.61 bits per heavy atom. The zero-order chi connectivity index (χ0) is 13.3. The minimum atomic E-state index is -0.564. The lowest BCUT2D eigenvalue weighted by Gasteiger charge is -2.09. The fraction of sp³-hybridized carbons (Fsp3) is 0.167. The van der Waals surface area contributed by atoms with Crippen molar-refractivity contribution < 1.29 is 14.3 Å². The van der Waals surface area contributed by atoms with E-state index in [-0.39, 0.29) is 10.7 Å². The Bertz CT molecular complexity index is 628. The van der Waals surface area contributed by atoms with E-state index in [1.165, 1.54) is 20.3 Å². The summed E-state index contributed by atoms with van der Waals surface area (Å²) in [5.74, 6) is -0.0785. The second-order valence-electron chi connectivity index (χ2n) is 3.46. The van der Waals surface area contributed by atoms with E-state index in [1.807, 2.05) is 0 Å². The summed E-state index contributed by atoms with van der Waals surface area (Å²) in [6.07, 6.45) is 0. The molecule has 1 aromatic carbocycles. The van der Waals surface area contributed by atoms with Crippen LogP contribution in [0.3, 0.4) is 0 Å². The summed E-state index contributed by atoms with van der Waals surface area (Å²) in [5, 5.41) is 1.32. The van der Waals surface area contributed by atoms with Crippen molar-refractivity contribution in [2.45, 2.75) is 0 Å². The molecule has 0 N–H and O–H groups in total. The van der Waals surface area contributed by atoms with Crippen LogP contribution in [-0.4, -0.2) is 25.2 Å². The number of carbonyl (C=O) groups is 1. The van der Waals surface area contributed by atoms with Crippen LogP contribution in [0.25, 0.3) is 10.9 Å². The SMILES string of the molecule is COC(=O)c1cc(OC)c2ccc(Cl)c(Cl)c2n1. The molecule has 0 radical (unpaired) electrons. The van der Waals surface area contributed by atoms with Crippen LogP contribution in [0.2, 0.25) is 10.0 Å². The molecule has 0 amide bonds. The third-order valence-corrected chi connectivity index (χ3v) is 3.24. The molecule has 0 atom stereocenters. The highest BCUT2D eigenvalue weighted by Crippen LogP contribution is 2.34. The lowest BCUT2D eigenvalue weighted by atomic mass is 10.2. The molecule has 1 aromatic heterocycles. The van der Waals surface area contributed by atoms with E-state index in [2.05, 4.69) is 9.72 Å². The Morgan fingerprint density at radius 1 is 1.28 bits per heavy atom. The van der Waals surface area contributed by atoms with E-state index in [9.17, 15) is 4.79 Å². The van der Waals surface area contributed by atoms with Crippen LogP contribution >= 0.6 is 23.2 Å². The number of esters is 1. The zero-order valence-corrected chi connectivity index (χ0v) is 11.2. The van der Waals surface area contributed by atoms with Gasteiger partial charge in [0.15, 0.2) is 5.69 Å². The van der Waals surface area contributed by atoms with Gasteiger partial charge >= 0.3 is 5.97 Å². The molecule has 0 unspecified atom stereocenters. The van der Waals surface area contributed by atoms with Crippen molar-refractivity contribution in [1.82, 2.24) is 4.98 Å². The van der Waals surface area contributed by atoms with Crippen LogP contribution in [0.5, 0.6) is 5.75 Å². The average Bonchev–Trinajstić information content (AvgIpc) is 2.41. The molecule has 1 heterocycles. The maximum Gasteiger partial charge on any atom is 0.356 e. The molecule has 6 heteroatoms. The molecule has 0 aliphatic rings. The van der Waals surface area contributed by atoms with E-state index in [1.54, 1.807) is 12.1 Å². The summed E-state index contributed by atoms with van der Waals surface area (Å²) in [6, 6.07) is 4.88. The monoisotopic (exact) mass is 285 g/mol. The summed E-state index contributed by atoms with van der Waals surface area (Å²) in [4.78, 5) is 15.6. The van der Waals surface area contributed by atoms with Gasteiger partial charge < -0.3 is 9.47 Å². The minimum absolute atomic E-state index is 0.117. The Labute approximate surface area is 113 Å². The highest BCUT2D eigenvalue weighted by molar-refractivity contribution is 6.45. The molecule has 18 heavy (non-hydrogen) atoms. The second kappa shape index (κ2) is 5.00. The molecular weight excluding hydrogens is 277 g/mol. The van der Waals surface area contributed by atoms with Crippen LogP contribution in [-0.2, 0) is 4.74 Å². The summed E-state index contributed by atoms with van der Waals surface area (Å²) >= 11 is 12.0. The fourth-order valence-corrected chi connectivity index (χ4v) is 1.94. The van der Waals surface area contributed by atoms with Crippen molar-refractivity contribution in [2.24, 2.45) is 0 Å². The molecule has 0 saturated heterocycles. The van der Waals surface area contributed by atoms with E-state index in [0.29, 0.717) is 21.7 Å². The Balaban J connectivity index is 2.80. The van der Waals surface area contributed by atoms with Crippen molar-refractivity contribution in [1.29, 1.82) is 0 Å². The number of halogens is 2. The van der Waals surface area contributed by atoms with Gasteiger partial charge in [-0.05, 0) is 12.1 Å². The molecule has 94 valence electrons. The van der Waals surface area contributed by atoms with Crippen LogP contribution in [0.15, 0.2) is 18.2 Å². The average molecular weight is 286 g/mol. The summed E-state index contributed by atoms with van der Waals surface area (Å²) < 4.78 is 9.83. The van der Waals surface area contributed by atoms with Gasteiger partial charge in [-0.3, -0.25) is 0 Å². The van der Waals surface area contributed by atoms with Gasteiger partial charge in [0.05, 0.1) is 29.8 Å². The lowest BCUT2D eigenvalue weighted by Crippen LogP contribution is -2.05. The molecule has 4 nitrogen and oxygen atoms in total. The van der Waals surface area contributed by atoms with Crippen molar-refractivity contribution in [3.8, 4) is 5.75 Å². The molecule has 0 aliphatic heterocycles. The number of hydrogen-bond donors (Lipinski definition) is 0. The molecule has 0 saturated carbocycles. The topological polar surface area (TPSA) is 48.4 Å². The largest absolute Gasteiger partial charge is 0.496 e. The zero-order valence-electron chi connectivity index (χ0n) is 9.66. The van der Waals surface area contributed by atoms with E-state index in [0.717, 1.165) is 0 Å². The summed E-state index contributed by atoms with van der Waals surface area (Å²) in [5.41, 5.74) is 0.523. The van der Waals surface area contributed by atoms with E-state index in [4.69, 9.17) is 27.9 Å². The second-order valence-corrected chi connectivity index (χ2v) is 4.24. The number of ether oxygens (including phenoxy) is 2. The Hall–Kier alpha value is -1.52. The number of benzene rings is 1. The van der Waals surface area contributed by atoms with Crippen LogP contribution in [0.1, 0.15) is 10.5 Å². The van der Waals surface area contributed by atoms with Crippen LogP contribution < -0.4 is 4.74 Å². The molecule has 0 bridgehead atoms. The number of rotatable bonds is 2. The normalized spacial score (nSPS) is 10.4. The minimum Gasteiger partial charge on any atom is -0.496 e. The standard InChI is InChI=1S/C12H9Cl2NO3/c1-17-9-5-8(12(16)18-2)15-11-6(9)3-4-7(13)10(11)14/h3-5H,1-2H3. The fourth-order valence-electron chi connectivity index (χ4n) is 1.58. The first kappa shape index (κ1) is 12.9. The van der Waals surface area contributed by atoms with Gasteiger partial charge in [0, 0.05) is 11.5 Å². The van der Waals surface area contributed by atoms with Crippen molar-refractivity contribution in [2.75, 3.05) is 14.2 Å². The predicted molar refractivity (Wildman–Crippen MR) is 69.7 cm³/mol. The number of carbonyl (C=O) groups excluding carboxylic acids is 1. The highest BCUT2D eigenvalue weighted by Gasteiger charge is 2.15. The van der Waals surface area contributed by atoms with Crippen LogP contribution in [0, 0.1) is 0 Å². The Morgan fingerprint density at radius 2 is 2.00 bits per heavy atom. The predicted octanol–water partition coefficient (Wildman–Crippen LogP) is 3.34. The number of hydrogen-bond acceptors (Lipinski definition) is 4. The molecule has 2 aromatic rings. The van der Waals surface area contributed by atoms with E-state index < -0.39 is 5.97 Å². The van der Waals surface area contributed by atoms with Crippen molar-refractivity contribution >= 4 is 40.1 Å². The van der Waals surface area contributed by atoms with Crippen molar-refractivity contribution in [3.05, 3.63) is 33.9 Å². The quantitative estimate of drug-likeness (QED) is 0.794. The lowest BCUT2D eigenvalue weighted by molar-refractivity contribution is 0.0594. The number of methoxy groups -OCH3 is 2. The summed E-state index contributed by atoms with van der Waals surface area (Å²) in [7, 11) is 2.78. The first-order chi connectivity index (χ1) is 8.58. The summed E-state index contributed by atoms with van der Waals surface area (Å²) in [6.45, 7) is 0. The number of fused-ring (bicyclic) bond motifs is 1. The highest BCUT2D eigenvalue weighted by atomic mass is 35.5. The maximum atomic E-state index is 11.5. The van der Waals surface area contributed by atoms with Gasteiger partial charge in [0.1, 0.15) is 5.75 Å². The molecule has 0 fully saturated rings. The molecular formula is C12H9Cl2NO3. The van der Waals surface area contributed by atoms with E-state index >= 15 is 0 Å². The first-order valence-corrected chi connectivity index (χ1v) is 5.75. The number of pyridine rings is 1. The van der Waals surface area contributed by atoms with Gasteiger partial charge in [-0.1, -0.05) is 23.2 Å². The molecule has 0 spiro atoms. The first-order valence-electron chi connectivity index (χ1n) is 4.99. The number of aromatic nitrogens is 1. The molecule has 2 rings (SSSR count). The third-order valence-electron chi connectivity index (χ3n) is 2.45. The maximum absolute atomic E-state index is 11.5.